The molecule has 4 aromatic carbocycles. The van der Waals surface area contributed by atoms with Gasteiger partial charge in [0.15, 0.2) is 0 Å². The Hall–Kier alpha value is -4.21. The van der Waals surface area contributed by atoms with Gasteiger partial charge in [-0.1, -0.05) is 13.8 Å². The van der Waals surface area contributed by atoms with E-state index in [9.17, 15) is 0 Å². The molecule has 0 bridgehead atoms. The van der Waals surface area contributed by atoms with Crippen LogP contribution in [0.4, 0.5) is 0 Å². The molecule has 0 amide bonds. The molecule has 0 unspecified atom stereocenters. The summed E-state index contributed by atoms with van der Waals surface area (Å²) in [6, 6.07) is 30.6. The molecule has 0 saturated carbocycles. The molecule has 0 radical (unpaired) electrons. The van der Waals surface area contributed by atoms with Gasteiger partial charge in [0.25, 0.3) is 0 Å². The van der Waals surface area contributed by atoms with Gasteiger partial charge in [-0.3, -0.25) is 0 Å². The number of nitrogens with zero attached hydrogens (tertiary/aromatic N) is 4. The summed E-state index contributed by atoms with van der Waals surface area (Å²) in [5, 5.41) is 2.39. The van der Waals surface area contributed by atoms with E-state index in [1.165, 1.54) is 39.3 Å². The molecule has 1 aliphatic carbocycles. The number of pyridine rings is 1. The summed E-state index contributed by atoms with van der Waals surface area (Å²) in [6.45, 7) is 4.50. The molecule has 6 heteroatoms. The number of rotatable bonds is 4. The van der Waals surface area contributed by atoms with Crippen molar-refractivity contribution in [2.45, 2.75) is 45.4 Å². The van der Waals surface area contributed by atoms with Crippen LogP contribution in [0.15, 0.2) is 97.2 Å². The van der Waals surface area contributed by atoms with Crippen molar-refractivity contribution in [3.63, 3.8) is 0 Å². The van der Waals surface area contributed by atoms with Crippen molar-refractivity contribution >= 4 is 32.8 Å². The predicted octanol–water partition coefficient (Wildman–Crippen LogP) is 9.25. The first-order valence-corrected chi connectivity index (χ1v) is 16.1. The second-order valence-electron chi connectivity index (χ2n) is 12.5. The van der Waals surface area contributed by atoms with Gasteiger partial charge in [0.1, 0.15) is 0 Å². The number of ether oxygens (including phenoxy) is 1. The zero-order chi connectivity index (χ0) is 32.7. The van der Waals surface area contributed by atoms with Crippen molar-refractivity contribution in [1.82, 2.24) is 18.7 Å². The molecular formula is C38H34N4OPt. The summed E-state index contributed by atoms with van der Waals surface area (Å²) in [5.74, 6) is 2.25. The Balaban J connectivity index is 1.27. The maximum atomic E-state index is 8.17. The van der Waals surface area contributed by atoms with Gasteiger partial charge in [-0.15, -0.1) is 0 Å². The van der Waals surface area contributed by atoms with Crippen LogP contribution in [-0.2, 0) is 38.2 Å². The van der Waals surface area contributed by atoms with E-state index in [1.807, 2.05) is 71.4 Å². The molecule has 8 rings (SSSR count). The van der Waals surface area contributed by atoms with Crippen LogP contribution < -0.4 is 4.74 Å². The predicted molar refractivity (Wildman–Crippen MR) is 175 cm³/mol. The molecule has 0 saturated heterocycles. The van der Waals surface area contributed by atoms with Crippen molar-refractivity contribution in [1.29, 1.82) is 0 Å². The maximum absolute atomic E-state index is 8.17. The van der Waals surface area contributed by atoms with E-state index >= 15 is 0 Å². The standard InChI is InChI=1S/C38H34N4O.Pt/c1-25-16-18-39-37(19-25)42-35-22-29(14-15-30(35)31-20-26-9-8-17-38(2,3)32(26)23-36(31)42)43-28-11-7-10-27(21-28)41-24-40(4)33-12-5-6-13-34(33)41;/h5-7,10-16,18-23H,8-9,17H2,1-4H3;/i4D3;. The molecule has 5 nitrogen and oxygen atoms in total. The monoisotopic (exact) mass is 760 g/mol. The van der Waals surface area contributed by atoms with Crippen LogP contribution in [0, 0.1) is 10.7 Å². The van der Waals surface area contributed by atoms with Gasteiger partial charge in [-0.05, 0) is 54.4 Å². The average Bonchev–Trinajstić information content (AvgIpc) is 3.51. The van der Waals surface area contributed by atoms with Crippen LogP contribution in [0.5, 0.6) is 11.5 Å². The van der Waals surface area contributed by atoms with Crippen molar-refractivity contribution in [2.24, 2.45) is 6.98 Å². The van der Waals surface area contributed by atoms with Gasteiger partial charge >= 0.3 is 198 Å². The number of hydrogen-bond acceptors (Lipinski definition) is 2. The van der Waals surface area contributed by atoms with E-state index in [4.69, 9.17) is 13.8 Å². The van der Waals surface area contributed by atoms with E-state index in [0.29, 0.717) is 20.8 Å². The first-order valence-electron chi connectivity index (χ1n) is 16.5. The van der Waals surface area contributed by atoms with E-state index in [0.717, 1.165) is 40.0 Å². The second-order valence-corrected chi connectivity index (χ2v) is 13.5. The van der Waals surface area contributed by atoms with Gasteiger partial charge in [-0.25, -0.2) is 0 Å². The van der Waals surface area contributed by atoms with Gasteiger partial charge in [0, 0.05) is 6.20 Å². The van der Waals surface area contributed by atoms with Crippen molar-refractivity contribution < 1.29 is 28.2 Å². The third-order valence-corrected chi connectivity index (χ3v) is 10.1. The summed E-state index contributed by atoms with van der Waals surface area (Å²) >= 11 is 2.10. The molecule has 0 N–H and O–H groups in total. The van der Waals surface area contributed by atoms with Crippen molar-refractivity contribution in [3.05, 3.63) is 118 Å². The van der Waals surface area contributed by atoms with Crippen molar-refractivity contribution in [3.8, 4) is 23.0 Å². The number of para-hydroxylation sites is 2. The molecule has 0 fully saturated rings. The van der Waals surface area contributed by atoms with Crippen LogP contribution in [0.25, 0.3) is 44.3 Å². The molecular weight excluding hydrogens is 724 g/mol. The number of benzene rings is 4. The second kappa shape index (κ2) is 10.2. The molecule has 222 valence electrons. The number of aryl methyl sites for hydroxylation is 3. The number of aromatic nitrogens is 4. The summed E-state index contributed by atoms with van der Waals surface area (Å²) in [7, 11) is 0. The van der Waals surface area contributed by atoms with E-state index in [1.54, 1.807) is 0 Å². The first-order chi connectivity index (χ1) is 22.5. The minimum absolute atomic E-state index is 0.119. The average molecular weight is 761 g/mol. The van der Waals surface area contributed by atoms with Crippen LogP contribution in [0.3, 0.4) is 0 Å². The quantitative estimate of drug-likeness (QED) is 0.180. The van der Waals surface area contributed by atoms with E-state index < -0.39 is 6.98 Å². The summed E-state index contributed by atoms with van der Waals surface area (Å²) in [4.78, 5) is 4.82. The number of imidazole rings is 1. The zero-order valence-corrected chi connectivity index (χ0v) is 27.1. The molecule has 0 aliphatic heterocycles. The number of hydrogen-bond donors (Lipinski definition) is 0. The fourth-order valence-corrected chi connectivity index (χ4v) is 7.76. The van der Waals surface area contributed by atoms with E-state index in [2.05, 4.69) is 75.0 Å². The molecule has 3 heterocycles. The van der Waals surface area contributed by atoms with Crippen LogP contribution >= 0.6 is 0 Å². The van der Waals surface area contributed by atoms with Gasteiger partial charge in [-0.2, -0.15) is 0 Å². The minimum atomic E-state index is -2.31. The first kappa shape index (κ1) is 24.1. The van der Waals surface area contributed by atoms with Crippen LogP contribution in [-0.4, -0.2) is 18.7 Å². The number of fused-ring (bicyclic) bond motifs is 5. The van der Waals surface area contributed by atoms with E-state index in [-0.39, 0.29) is 5.41 Å². The van der Waals surface area contributed by atoms with Gasteiger partial charge < -0.3 is 0 Å². The SMILES string of the molecule is [2H]C([2H])([2H])n1[c](=[Pt])n(-c2cccc(Oc3ccc4c5cc6c(cc5n(-c5cc(C)ccn5)c4c3)C(C)(C)CCC6)c2)c2ccccc21. The Labute approximate surface area is 272 Å². The topological polar surface area (TPSA) is 36.9 Å². The molecule has 0 spiro atoms. The third-order valence-electron chi connectivity index (χ3n) is 9.09. The van der Waals surface area contributed by atoms with Gasteiger partial charge in [0.05, 0.1) is 0 Å². The van der Waals surface area contributed by atoms with Crippen LogP contribution in [0.2, 0.25) is 0 Å². The summed E-state index contributed by atoms with van der Waals surface area (Å²) in [5.41, 5.74) is 8.61. The molecule has 44 heavy (non-hydrogen) atoms. The fraction of sp³-hybridized carbons (Fsp3) is 0.211. The molecule has 1 aliphatic rings. The van der Waals surface area contributed by atoms with Crippen molar-refractivity contribution in [2.75, 3.05) is 0 Å². The molecule has 3 aromatic heterocycles. The normalized spacial score (nSPS) is 15.7. The third kappa shape index (κ3) is 4.32. The zero-order valence-electron chi connectivity index (χ0n) is 27.9. The fourth-order valence-electron chi connectivity index (χ4n) is 6.92. The Morgan fingerprint density at radius 2 is 1.64 bits per heavy atom. The van der Waals surface area contributed by atoms with Crippen LogP contribution in [0.1, 0.15) is 47.5 Å². The Kier molecular flexibility index (Phi) is 5.58. The molecule has 7 aromatic rings. The Bertz CT molecular complexity index is 2430. The molecule has 0 atom stereocenters. The summed E-state index contributed by atoms with van der Waals surface area (Å²) in [6.07, 6.45) is 5.36. The van der Waals surface area contributed by atoms with Gasteiger partial charge in [0.2, 0.25) is 0 Å². The summed E-state index contributed by atoms with van der Waals surface area (Å²) < 4.78 is 37.3. The Morgan fingerprint density at radius 3 is 2.48 bits per heavy atom. The Morgan fingerprint density at radius 1 is 0.818 bits per heavy atom.